The molecule has 0 saturated carbocycles. The van der Waals surface area contributed by atoms with Gasteiger partial charge in [-0.1, -0.05) is 109 Å². The van der Waals surface area contributed by atoms with Gasteiger partial charge in [-0.15, -0.1) is 0 Å². The number of carbonyl (C=O) groups is 1. The minimum absolute atomic E-state index is 0.0765. The number of fused-ring (bicyclic) bond motifs is 1. The van der Waals surface area contributed by atoms with Gasteiger partial charge in [-0.2, -0.15) is 0 Å². The molecule has 1 heterocycles. The fourth-order valence-corrected chi connectivity index (χ4v) is 4.98. The van der Waals surface area contributed by atoms with Gasteiger partial charge in [0.2, 0.25) is 0 Å². The lowest BCUT2D eigenvalue weighted by molar-refractivity contribution is -0.137. The summed E-state index contributed by atoms with van der Waals surface area (Å²) in [5, 5.41) is 10.5. The highest BCUT2D eigenvalue weighted by Gasteiger charge is 2.40. The van der Waals surface area contributed by atoms with Crippen LogP contribution >= 0.6 is 0 Å². The van der Waals surface area contributed by atoms with Gasteiger partial charge >= 0.3 is 5.97 Å². The second kappa shape index (κ2) is 8.79. The number of benzene rings is 4. The molecule has 3 heteroatoms. The summed E-state index contributed by atoms with van der Waals surface area (Å²) in [6.45, 7) is 0.421. The highest BCUT2D eigenvalue weighted by molar-refractivity contribution is 5.88. The van der Waals surface area contributed by atoms with Gasteiger partial charge in [-0.05, 0) is 28.3 Å². The summed E-state index contributed by atoms with van der Waals surface area (Å²) in [6.07, 6.45) is 2.23. The molecule has 162 valence electrons. The molecule has 1 N–H and O–H groups in total. The summed E-state index contributed by atoms with van der Waals surface area (Å²) in [4.78, 5) is 11.4. The molecule has 4 aromatic carbocycles. The van der Waals surface area contributed by atoms with Crippen molar-refractivity contribution in [2.75, 3.05) is 0 Å². The Morgan fingerprint density at radius 2 is 1.12 bits per heavy atom. The summed E-state index contributed by atoms with van der Waals surface area (Å²) in [7, 11) is 0. The predicted octanol–water partition coefficient (Wildman–Crippen LogP) is 6.50. The van der Waals surface area contributed by atoms with E-state index in [1.165, 1.54) is 16.7 Å². The molecule has 0 aliphatic heterocycles. The number of hydrogen-bond donors (Lipinski definition) is 1. The van der Waals surface area contributed by atoms with E-state index in [0.29, 0.717) is 6.54 Å². The molecule has 5 aromatic rings. The molecule has 0 bridgehead atoms. The zero-order chi connectivity index (χ0) is 22.7. The number of nitrogens with zero attached hydrogens (tertiary/aromatic N) is 1. The lowest BCUT2D eigenvalue weighted by Gasteiger charge is -2.36. The van der Waals surface area contributed by atoms with Crippen molar-refractivity contribution < 1.29 is 9.90 Å². The third-order valence-corrected chi connectivity index (χ3v) is 6.38. The molecule has 1 aromatic heterocycles. The van der Waals surface area contributed by atoms with Crippen LogP contribution in [-0.2, 0) is 16.8 Å². The summed E-state index contributed by atoms with van der Waals surface area (Å²) in [5.41, 5.74) is 5.14. The lowest BCUT2D eigenvalue weighted by atomic mass is 9.65. The monoisotopic (exact) mass is 431 g/mol. The fourth-order valence-electron chi connectivity index (χ4n) is 4.98. The van der Waals surface area contributed by atoms with Crippen LogP contribution in [0.15, 0.2) is 121 Å². The molecule has 33 heavy (non-hydrogen) atoms. The molecule has 0 amide bonds. The minimum atomic E-state index is -0.797. The number of aromatic nitrogens is 1. The standard InChI is InChI=1S/C30H25NO2/c32-29(33)20-21-31-22-27(26-18-10-11-19-28(26)31)30(23-12-4-1-5-13-23,24-14-6-2-7-15-24)25-16-8-3-9-17-25/h1-19,22H,20-21H2,(H,32,33). The highest BCUT2D eigenvalue weighted by atomic mass is 16.4. The van der Waals surface area contributed by atoms with Crippen LogP contribution in [0.1, 0.15) is 28.7 Å². The molecule has 0 radical (unpaired) electrons. The summed E-state index contributed by atoms with van der Waals surface area (Å²) in [5.74, 6) is -0.797. The molecule has 0 unspecified atom stereocenters. The van der Waals surface area contributed by atoms with Gasteiger partial charge in [-0.25, -0.2) is 0 Å². The maximum absolute atomic E-state index is 11.4. The van der Waals surface area contributed by atoms with E-state index < -0.39 is 11.4 Å². The second-order valence-corrected chi connectivity index (χ2v) is 8.25. The van der Waals surface area contributed by atoms with Gasteiger partial charge in [0, 0.05) is 23.6 Å². The Bertz CT molecular complexity index is 1280. The van der Waals surface area contributed by atoms with Gasteiger partial charge in [0.25, 0.3) is 0 Å². The Balaban J connectivity index is 1.90. The van der Waals surface area contributed by atoms with Crippen LogP contribution in [0, 0.1) is 0 Å². The molecule has 0 aliphatic carbocycles. The fraction of sp³-hybridized carbons (Fsp3) is 0.100. The van der Waals surface area contributed by atoms with Crippen LogP contribution in [-0.4, -0.2) is 15.6 Å². The summed E-state index contributed by atoms with van der Waals surface area (Å²) in [6, 6.07) is 40.0. The smallest absolute Gasteiger partial charge is 0.305 e. The van der Waals surface area contributed by atoms with Crippen molar-refractivity contribution in [3.8, 4) is 0 Å². The first-order valence-electron chi connectivity index (χ1n) is 11.2. The Hall–Kier alpha value is -4.11. The minimum Gasteiger partial charge on any atom is -0.481 e. The number of rotatable bonds is 7. The van der Waals surface area contributed by atoms with E-state index in [2.05, 4.69) is 102 Å². The van der Waals surface area contributed by atoms with Crippen molar-refractivity contribution >= 4 is 16.9 Å². The number of carboxylic acids is 1. The zero-order valence-electron chi connectivity index (χ0n) is 18.3. The topological polar surface area (TPSA) is 42.2 Å². The molecule has 5 rings (SSSR count). The molecule has 3 nitrogen and oxygen atoms in total. The van der Waals surface area contributed by atoms with Crippen molar-refractivity contribution in [1.82, 2.24) is 4.57 Å². The predicted molar refractivity (Wildman–Crippen MR) is 133 cm³/mol. The van der Waals surface area contributed by atoms with Crippen LogP contribution in [0.4, 0.5) is 0 Å². The van der Waals surface area contributed by atoms with E-state index in [4.69, 9.17) is 0 Å². The average molecular weight is 432 g/mol. The van der Waals surface area contributed by atoms with Gasteiger partial charge in [-0.3, -0.25) is 4.79 Å². The number of carboxylic acid groups (broad SMARTS) is 1. The number of aryl methyl sites for hydroxylation is 1. The average Bonchev–Trinajstić information content (AvgIpc) is 3.24. The van der Waals surface area contributed by atoms with Crippen molar-refractivity contribution in [3.05, 3.63) is 144 Å². The largest absolute Gasteiger partial charge is 0.481 e. The Labute approximate surface area is 193 Å². The molecule has 0 aliphatic rings. The van der Waals surface area contributed by atoms with E-state index in [0.717, 1.165) is 16.5 Å². The quantitative estimate of drug-likeness (QED) is 0.299. The molecular formula is C30H25NO2. The second-order valence-electron chi connectivity index (χ2n) is 8.25. The van der Waals surface area contributed by atoms with Crippen LogP contribution in [0.3, 0.4) is 0 Å². The Kier molecular flexibility index (Phi) is 5.54. The zero-order valence-corrected chi connectivity index (χ0v) is 18.3. The maximum atomic E-state index is 11.4. The first kappa shape index (κ1) is 20.8. The number of aliphatic carboxylic acids is 1. The van der Waals surface area contributed by atoms with Crippen molar-refractivity contribution in [1.29, 1.82) is 0 Å². The van der Waals surface area contributed by atoms with Gasteiger partial charge in [0.05, 0.1) is 11.8 Å². The van der Waals surface area contributed by atoms with Gasteiger partial charge in [0.1, 0.15) is 0 Å². The third-order valence-electron chi connectivity index (χ3n) is 6.38. The maximum Gasteiger partial charge on any atom is 0.305 e. The Morgan fingerprint density at radius 1 is 0.667 bits per heavy atom. The molecule has 0 saturated heterocycles. The first-order chi connectivity index (χ1) is 16.2. The van der Waals surface area contributed by atoms with E-state index in [1.807, 2.05) is 24.3 Å². The van der Waals surface area contributed by atoms with Gasteiger partial charge in [0.15, 0.2) is 0 Å². The van der Waals surface area contributed by atoms with Crippen LogP contribution in [0.5, 0.6) is 0 Å². The van der Waals surface area contributed by atoms with E-state index in [9.17, 15) is 9.90 Å². The van der Waals surface area contributed by atoms with Crippen molar-refractivity contribution in [2.24, 2.45) is 0 Å². The highest BCUT2D eigenvalue weighted by Crippen LogP contribution is 2.47. The van der Waals surface area contributed by atoms with Crippen molar-refractivity contribution in [3.63, 3.8) is 0 Å². The molecule has 0 atom stereocenters. The normalized spacial score (nSPS) is 11.5. The lowest BCUT2D eigenvalue weighted by Crippen LogP contribution is -2.30. The molecular weight excluding hydrogens is 406 g/mol. The van der Waals surface area contributed by atoms with E-state index >= 15 is 0 Å². The molecule has 0 fully saturated rings. The SMILES string of the molecule is O=C(O)CCn1cc(C(c2ccccc2)(c2ccccc2)c2ccccc2)c2ccccc21. The molecule has 0 spiro atoms. The van der Waals surface area contributed by atoms with Crippen LogP contribution in [0.2, 0.25) is 0 Å². The Morgan fingerprint density at radius 3 is 1.61 bits per heavy atom. The van der Waals surface area contributed by atoms with Crippen LogP contribution in [0.25, 0.3) is 10.9 Å². The van der Waals surface area contributed by atoms with Gasteiger partial charge < -0.3 is 9.67 Å². The van der Waals surface area contributed by atoms with E-state index in [-0.39, 0.29) is 6.42 Å². The van der Waals surface area contributed by atoms with E-state index in [1.54, 1.807) is 0 Å². The van der Waals surface area contributed by atoms with Crippen LogP contribution < -0.4 is 0 Å². The number of hydrogen-bond acceptors (Lipinski definition) is 1. The van der Waals surface area contributed by atoms with Crippen molar-refractivity contribution in [2.45, 2.75) is 18.4 Å². The summed E-state index contributed by atoms with van der Waals surface area (Å²) >= 11 is 0. The summed E-state index contributed by atoms with van der Waals surface area (Å²) < 4.78 is 2.09. The number of para-hydroxylation sites is 1. The first-order valence-corrected chi connectivity index (χ1v) is 11.2. The third kappa shape index (κ3) is 3.62.